The highest BCUT2D eigenvalue weighted by Crippen LogP contribution is 2.42. The summed E-state index contributed by atoms with van der Waals surface area (Å²) in [5.41, 5.74) is -4.06. The monoisotopic (exact) mass is 1170 g/mol. The number of benzene rings is 1. The van der Waals surface area contributed by atoms with Crippen LogP contribution in [-0.4, -0.2) is 204 Å². The van der Waals surface area contributed by atoms with Crippen molar-refractivity contribution < 1.29 is 77.4 Å². The number of anilines is 1. The van der Waals surface area contributed by atoms with Gasteiger partial charge in [0, 0.05) is 62.2 Å². The third kappa shape index (κ3) is 15.9. The molecule has 3 saturated heterocycles. The molecule has 0 radical (unpaired) electrons. The summed E-state index contributed by atoms with van der Waals surface area (Å²) < 4.78 is 57.9. The van der Waals surface area contributed by atoms with Gasteiger partial charge in [-0.25, -0.2) is 4.79 Å². The predicted octanol–water partition coefficient (Wildman–Crippen LogP) is 5.84. The number of pyridine rings is 1. The minimum Gasteiger partial charge on any atom is -0.462 e. The van der Waals surface area contributed by atoms with Crippen molar-refractivity contribution in [2.45, 2.75) is 224 Å². The number of halogens is 1. The van der Waals surface area contributed by atoms with Crippen molar-refractivity contribution in [3.05, 3.63) is 39.1 Å². The van der Waals surface area contributed by atoms with E-state index in [1.54, 1.807) is 66.8 Å². The van der Waals surface area contributed by atoms with Crippen molar-refractivity contribution in [3.8, 4) is 0 Å². The largest absolute Gasteiger partial charge is 0.462 e. The lowest BCUT2D eigenvalue weighted by Gasteiger charge is -2.49. The van der Waals surface area contributed by atoms with E-state index < -0.39 is 113 Å². The summed E-state index contributed by atoms with van der Waals surface area (Å²) in [6, 6.07) is 2.59. The molecule has 18 atom stereocenters. The average molecular weight is 1170 g/mol. The van der Waals surface area contributed by atoms with Gasteiger partial charge in [0.1, 0.15) is 35.1 Å². The molecular formula is C59H95ClN4O17. The van der Waals surface area contributed by atoms with E-state index in [0.717, 1.165) is 12.8 Å². The van der Waals surface area contributed by atoms with Gasteiger partial charge in [-0.1, -0.05) is 39.3 Å². The second-order valence-corrected chi connectivity index (χ2v) is 24.8. The van der Waals surface area contributed by atoms with E-state index in [9.17, 15) is 39.6 Å². The van der Waals surface area contributed by atoms with E-state index in [2.05, 4.69) is 5.32 Å². The zero-order chi connectivity index (χ0) is 60.1. The van der Waals surface area contributed by atoms with Crippen LogP contribution in [0, 0.1) is 17.8 Å². The van der Waals surface area contributed by atoms with Crippen LogP contribution in [0.3, 0.4) is 0 Å². The summed E-state index contributed by atoms with van der Waals surface area (Å²) >= 11 is 6.71. The van der Waals surface area contributed by atoms with Gasteiger partial charge in [-0.15, -0.1) is 0 Å². The van der Waals surface area contributed by atoms with Gasteiger partial charge >= 0.3 is 17.9 Å². The van der Waals surface area contributed by atoms with Crippen molar-refractivity contribution in [1.82, 2.24) is 14.4 Å². The van der Waals surface area contributed by atoms with Crippen LogP contribution in [0.15, 0.2) is 23.1 Å². The summed E-state index contributed by atoms with van der Waals surface area (Å²) in [4.78, 5) is 58.4. The molecule has 1 aliphatic carbocycles. The number of nitrogens with one attached hydrogen (secondary N) is 1. The second-order valence-electron chi connectivity index (χ2n) is 24.4. The fourth-order valence-electron chi connectivity index (χ4n) is 12.2. The molecule has 2 aromatic rings. The highest BCUT2D eigenvalue weighted by Gasteiger charge is 2.54. The lowest BCUT2D eigenvalue weighted by atomic mass is 9.77. The Labute approximate surface area is 483 Å². The molecule has 6 rings (SSSR count). The Morgan fingerprint density at radius 2 is 1.63 bits per heavy atom. The maximum atomic E-state index is 14.6. The normalized spacial score (nSPS) is 36.9. The van der Waals surface area contributed by atoms with Crippen molar-refractivity contribution in [3.63, 3.8) is 0 Å². The first-order chi connectivity index (χ1) is 38.0. The smallest absolute Gasteiger partial charge is 0.343 e. The molecule has 0 bridgehead atoms. The second kappa shape index (κ2) is 28.1. The van der Waals surface area contributed by atoms with E-state index in [0.29, 0.717) is 41.0 Å². The SMILES string of the molecule is CCCOC(=O)c1cn(C2CC2)c2cc(Cl)c(NCCOCCC(=O)O[C@H]3[C@H](C)O[C@@H](O[C@H]4[C@H](C)[C@@H](O[C@@H]5O[C@H](C)C[C@H](N(C)C)[C@H]5O)[C@](C)(O)C[C@@H](C)CN(C)[C@H](C)[C@@H](O)[C@](C)(O)[C@@H](CC)OC(=O)[C@@H]4C)C[C@@]3(C)OC)cc2c1=O. The third-order valence-electron chi connectivity index (χ3n) is 17.2. The van der Waals surface area contributed by atoms with Gasteiger partial charge < -0.3 is 82.7 Å². The number of aromatic nitrogens is 1. The number of ether oxygens (including phenoxy) is 9. The van der Waals surface area contributed by atoms with E-state index >= 15 is 0 Å². The number of esters is 3. The third-order valence-corrected chi connectivity index (χ3v) is 17.5. The topological polar surface area (TPSA) is 256 Å². The standard InChI is InChI=1S/C59H95ClN4O17/c1-16-22-75-55(70)40-31-64(38-18-19-38)43-27-41(60)42(26-39(43)48(40)66)61-21-24-74-23-20-46(65)79-53-37(8)77-47(29-58(53,10)73-15)80-50-34(5)52(81-56-49(67)44(62(12)13)25-33(4)76-56)57(9,71)28-32(3)30-63(14)36(7)51(68)59(11,72)45(17-2)78-54(69)35(50)6/h26-27,31-38,44-45,47,49-53,56,61,67-68,71-72H,16-25,28-30H2,1-15H3/t32-,33-,34+,35-,36-,37+,44+,45-,47+,49-,50+,51-,52-,53+,56+,57-,58-,59-/m1/s1. The molecule has 0 spiro atoms. The van der Waals surface area contributed by atoms with Gasteiger partial charge in [0.25, 0.3) is 0 Å². The number of rotatable bonds is 19. The Kier molecular flexibility index (Phi) is 23.1. The predicted molar refractivity (Wildman–Crippen MR) is 304 cm³/mol. The number of likely N-dealkylation sites (N-methyl/N-ethyl adjacent to an activating group) is 2. The maximum Gasteiger partial charge on any atom is 0.343 e. The summed E-state index contributed by atoms with van der Waals surface area (Å²) in [6.45, 7) is 20.4. The van der Waals surface area contributed by atoms with E-state index in [4.69, 9.17) is 54.2 Å². The van der Waals surface area contributed by atoms with Crippen LogP contribution in [0.4, 0.5) is 5.69 Å². The molecule has 81 heavy (non-hydrogen) atoms. The molecule has 3 aliphatic heterocycles. The Hall–Kier alpha value is -3.55. The van der Waals surface area contributed by atoms with Gasteiger partial charge in [-0.2, -0.15) is 0 Å². The fraction of sp³-hybridized carbons (Fsp3) is 0.797. The summed E-state index contributed by atoms with van der Waals surface area (Å²) in [5, 5.41) is 52.1. The summed E-state index contributed by atoms with van der Waals surface area (Å²) in [6.07, 6.45) is -5.35. The molecule has 5 N–H and O–H groups in total. The minimum absolute atomic E-state index is 0.0126. The number of hydrogen-bond acceptors (Lipinski definition) is 20. The Bertz CT molecular complexity index is 2490. The number of methoxy groups -OCH3 is 1. The van der Waals surface area contributed by atoms with Gasteiger partial charge in [-0.05, 0) is 126 Å². The number of aliphatic hydroxyl groups is 4. The van der Waals surface area contributed by atoms with Crippen molar-refractivity contribution in [1.29, 1.82) is 0 Å². The number of carbonyl (C=O) groups excluding carboxylic acids is 3. The maximum absolute atomic E-state index is 14.6. The van der Waals surface area contributed by atoms with Crippen molar-refractivity contribution in [2.24, 2.45) is 17.8 Å². The van der Waals surface area contributed by atoms with Gasteiger partial charge in [0.05, 0.1) is 78.4 Å². The molecule has 22 heteroatoms. The van der Waals surface area contributed by atoms with Crippen LogP contribution in [-0.2, 0) is 52.2 Å². The van der Waals surface area contributed by atoms with Crippen LogP contribution in [0.5, 0.6) is 0 Å². The first kappa shape index (κ1) is 66.6. The zero-order valence-corrected chi connectivity index (χ0v) is 51.2. The Balaban J connectivity index is 1.17. The molecule has 4 fully saturated rings. The quantitative estimate of drug-likeness (QED) is 0.0629. The van der Waals surface area contributed by atoms with Gasteiger partial charge in [0.2, 0.25) is 5.43 Å². The van der Waals surface area contributed by atoms with Crippen LogP contribution in [0.25, 0.3) is 10.9 Å². The van der Waals surface area contributed by atoms with Crippen molar-refractivity contribution in [2.75, 3.05) is 66.5 Å². The van der Waals surface area contributed by atoms with Crippen molar-refractivity contribution >= 4 is 46.1 Å². The highest BCUT2D eigenvalue weighted by molar-refractivity contribution is 6.34. The number of hydrogen-bond donors (Lipinski definition) is 5. The molecule has 460 valence electrons. The van der Waals surface area contributed by atoms with Crippen LogP contribution < -0.4 is 10.7 Å². The van der Waals surface area contributed by atoms with E-state index in [1.165, 1.54) is 14.0 Å². The molecule has 4 heterocycles. The van der Waals surface area contributed by atoms with Gasteiger partial charge in [-0.3, -0.25) is 14.4 Å². The van der Waals surface area contributed by atoms with Crippen LogP contribution in [0.1, 0.15) is 144 Å². The van der Waals surface area contributed by atoms with Crippen LogP contribution in [0.2, 0.25) is 5.02 Å². The van der Waals surface area contributed by atoms with E-state index in [1.807, 2.05) is 56.3 Å². The first-order valence-electron chi connectivity index (χ1n) is 29.1. The number of aliphatic hydroxyl groups excluding tert-OH is 2. The summed E-state index contributed by atoms with van der Waals surface area (Å²) in [7, 11) is 7.06. The lowest BCUT2D eigenvalue weighted by molar-refractivity contribution is -0.318. The average Bonchev–Trinajstić information content (AvgIpc) is 4.29. The number of fused-ring (bicyclic) bond motifs is 1. The minimum atomic E-state index is -1.87. The number of nitrogens with zero attached hydrogens (tertiary/aromatic N) is 3. The molecular weight excluding hydrogens is 1070 g/mol. The van der Waals surface area contributed by atoms with E-state index in [-0.39, 0.29) is 81.7 Å². The van der Waals surface area contributed by atoms with Gasteiger partial charge in [0.15, 0.2) is 18.7 Å². The number of carbonyl (C=O) groups is 3. The molecule has 21 nitrogen and oxygen atoms in total. The first-order valence-corrected chi connectivity index (χ1v) is 29.5. The van der Waals surface area contributed by atoms with Crippen LogP contribution >= 0.6 is 11.6 Å². The zero-order valence-electron chi connectivity index (χ0n) is 50.5. The molecule has 1 saturated carbocycles. The highest BCUT2D eigenvalue weighted by atomic mass is 35.5. The molecule has 0 amide bonds. The number of cyclic esters (lactones) is 1. The molecule has 4 aliphatic rings. The Morgan fingerprint density at radius 3 is 2.26 bits per heavy atom. The Morgan fingerprint density at radius 1 is 0.938 bits per heavy atom. The molecule has 0 unspecified atom stereocenters. The lowest BCUT2D eigenvalue weighted by Crippen LogP contribution is -2.61. The fourth-order valence-corrected chi connectivity index (χ4v) is 12.5. The molecule has 1 aromatic heterocycles. The molecule has 1 aromatic carbocycles. The summed E-state index contributed by atoms with van der Waals surface area (Å²) in [5.74, 6) is -4.15.